The van der Waals surface area contributed by atoms with Gasteiger partial charge in [-0.2, -0.15) is 0 Å². The number of para-hydroxylation sites is 2. The van der Waals surface area contributed by atoms with E-state index in [0.29, 0.717) is 44.1 Å². The Bertz CT molecular complexity index is 2000. The first-order valence-electron chi connectivity index (χ1n) is 17.8. The van der Waals surface area contributed by atoms with E-state index in [-0.39, 0.29) is 32.6 Å². The summed E-state index contributed by atoms with van der Waals surface area (Å²) in [5, 5.41) is 0.212. The lowest BCUT2D eigenvalue weighted by atomic mass is 9.70. The van der Waals surface area contributed by atoms with E-state index in [0.717, 1.165) is 42.7 Å². The summed E-state index contributed by atoms with van der Waals surface area (Å²) in [4.78, 5) is 23.2. The van der Waals surface area contributed by atoms with Crippen LogP contribution in [0, 0.1) is 12.7 Å². The number of halogens is 2. The summed E-state index contributed by atoms with van der Waals surface area (Å²) in [5.74, 6) is 0.530. The van der Waals surface area contributed by atoms with E-state index < -0.39 is 15.6 Å². The first-order chi connectivity index (χ1) is 23.7. The second kappa shape index (κ2) is 13.3. The minimum absolute atomic E-state index is 0.000999. The van der Waals surface area contributed by atoms with Gasteiger partial charge in [-0.25, -0.2) is 22.5 Å². The van der Waals surface area contributed by atoms with Crippen LogP contribution in [-0.4, -0.2) is 70.9 Å². The van der Waals surface area contributed by atoms with Crippen LogP contribution in [0.1, 0.15) is 93.5 Å². The standard InChI is InChI=1S/C39H47ClFN5O3S/c1-26-42-35-10-5-6-11-36(35)46(26)31-23-29-12-13-30(24-31)45(29)21-18-39(27-8-7-9-28(41)22-27)16-19-44(20-17-39)37(47)33-25-32(14-15-34(33)40)50(48,49)43-38(2,3)4/h5-11,14-15,22,25,29-31,43H,12-13,16-21,23-24H2,1-4H3/t29-,30+,31?. The molecule has 1 unspecified atom stereocenters. The Morgan fingerprint density at radius 2 is 1.68 bits per heavy atom. The van der Waals surface area contributed by atoms with Gasteiger partial charge in [-0.1, -0.05) is 35.9 Å². The fraction of sp³-hybridized carbons (Fsp3) is 0.487. The van der Waals surface area contributed by atoms with Crippen molar-refractivity contribution in [1.29, 1.82) is 0 Å². The van der Waals surface area contributed by atoms with Crippen molar-refractivity contribution in [1.82, 2.24) is 24.1 Å². The van der Waals surface area contributed by atoms with E-state index in [1.807, 2.05) is 12.1 Å². The van der Waals surface area contributed by atoms with Gasteiger partial charge in [0.1, 0.15) is 11.6 Å². The summed E-state index contributed by atoms with van der Waals surface area (Å²) in [6.45, 7) is 9.26. The molecule has 1 aromatic heterocycles. The van der Waals surface area contributed by atoms with Gasteiger partial charge in [0, 0.05) is 36.8 Å². The van der Waals surface area contributed by atoms with Gasteiger partial charge in [0.25, 0.3) is 5.91 Å². The predicted octanol–water partition coefficient (Wildman–Crippen LogP) is 7.65. The van der Waals surface area contributed by atoms with E-state index >= 15 is 0 Å². The summed E-state index contributed by atoms with van der Waals surface area (Å²) in [6, 6.07) is 21.1. The molecule has 2 bridgehead atoms. The van der Waals surface area contributed by atoms with Crippen molar-refractivity contribution in [2.24, 2.45) is 0 Å². The van der Waals surface area contributed by atoms with Crippen LogP contribution < -0.4 is 4.72 Å². The topological polar surface area (TPSA) is 87.5 Å². The number of aromatic nitrogens is 2. The van der Waals surface area contributed by atoms with Crippen LogP contribution in [0.4, 0.5) is 4.39 Å². The number of hydrogen-bond donors (Lipinski definition) is 1. The molecule has 50 heavy (non-hydrogen) atoms. The molecule has 1 amide bonds. The normalized spacial score (nSPS) is 22.7. The molecule has 3 fully saturated rings. The molecule has 7 rings (SSSR count). The number of sulfonamides is 1. The van der Waals surface area contributed by atoms with Gasteiger partial charge in [0.2, 0.25) is 10.0 Å². The molecule has 3 aliphatic rings. The third-order valence-electron chi connectivity index (χ3n) is 11.2. The zero-order valence-electron chi connectivity index (χ0n) is 29.3. The number of likely N-dealkylation sites (tertiary alicyclic amines) is 1. The lowest BCUT2D eigenvalue weighted by Crippen LogP contribution is -2.49. The molecule has 0 radical (unpaired) electrons. The maximum absolute atomic E-state index is 14.7. The molecule has 3 aliphatic heterocycles. The third kappa shape index (κ3) is 6.84. The van der Waals surface area contributed by atoms with E-state index in [2.05, 4.69) is 39.3 Å². The fourth-order valence-corrected chi connectivity index (χ4v) is 10.5. The Morgan fingerprint density at radius 1 is 0.980 bits per heavy atom. The monoisotopic (exact) mass is 719 g/mol. The molecule has 0 aliphatic carbocycles. The Balaban J connectivity index is 1.07. The maximum Gasteiger partial charge on any atom is 0.255 e. The highest BCUT2D eigenvalue weighted by atomic mass is 35.5. The average molecular weight is 720 g/mol. The number of carbonyl (C=O) groups is 1. The number of carbonyl (C=O) groups excluding carboxylic acids is 1. The average Bonchev–Trinajstić information content (AvgIpc) is 3.52. The fourth-order valence-electron chi connectivity index (χ4n) is 8.90. The third-order valence-corrected chi connectivity index (χ3v) is 13.3. The molecule has 3 atom stereocenters. The SMILES string of the molecule is Cc1nc2ccccc2n1C1C[C@H]2CC[C@@H](C1)N2CCC1(c2cccc(F)c2)CCN(C(=O)c2cc(S(=O)(=O)NC(C)(C)C)ccc2Cl)CC1. The van der Waals surface area contributed by atoms with Gasteiger partial charge in [0.15, 0.2) is 0 Å². The molecule has 0 saturated carbocycles. The van der Waals surface area contributed by atoms with E-state index in [9.17, 15) is 17.6 Å². The summed E-state index contributed by atoms with van der Waals surface area (Å²) in [5.41, 5.74) is 2.44. The summed E-state index contributed by atoms with van der Waals surface area (Å²) < 4.78 is 45.9. The molecule has 3 aromatic carbocycles. The number of fused-ring (bicyclic) bond motifs is 3. The van der Waals surface area contributed by atoms with E-state index in [4.69, 9.17) is 16.6 Å². The van der Waals surface area contributed by atoms with Gasteiger partial charge >= 0.3 is 0 Å². The van der Waals surface area contributed by atoms with Crippen LogP contribution in [-0.2, 0) is 15.4 Å². The zero-order chi connectivity index (χ0) is 35.4. The first kappa shape index (κ1) is 35.1. The number of benzene rings is 3. The van der Waals surface area contributed by atoms with Crippen LogP contribution in [0.3, 0.4) is 0 Å². The molecule has 266 valence electrons. The maximum atomic E-state index is 14.7. The Labute approximate surface area is 300 Å². The number of nitrogens with zero attached hydrogens (tertiary/aromatic N) is 4. The van der Waals surface area contributed by atoms with Crippen LogP contribution >= 0.6 is 11.6 Å². The quantitative estimate of drug-likeness (QED) is 0.202. The van der Waals surface area contributed by atoms with Crippen molar-refractivity contribution < 1.29 is 17.6 Å². The molecular formula is C39H47ClFN5O3S. The molecule has 8 nitrogen and oxygen atoms in total. The van der Waals surface area contributed by atoms with Crippen LogP contribution in [0.15, 0.2) is 71.6 Å². The number of amides is 1. The molecule has 1 N–H and O–H groups in total. The van der Waals surface area contributed by atoms with Crippen LogP contribution in [0.25, 0.3) is 11.0 Å². The van der Waals surface area contributed by atoms with Crippen molar-refractivity contribution in [3.8, 4) is 0 Å². The van der Waals surface area contributed by atoms with Gasteiger partial charge in [-0.15, -0.1) is 0 Å². The number of rotatable bonds is 8. The number of aryl methyl sites for hydroxylation is 1. The van der Waals surface area contributed by atoms with Gasteiger partial charge < -0.3 is 9.47 Å². The zero-order valence-corrected chi connectivity index (χ0v) is 30.9. The Kier molecular flexibility index (Phi) is 9.37. The smallest absolute Gasteiger partial charge is 0.255 e. The van der Waals surface area contributed by atoms with E-state index in [1.165, 1.54) is 42.6 Å². The van der Waals surface area contributed by atoms with Crippen molar-refractivity contribution in [2.75, 3.05) is 19.6 Å². The van der Waals surface area contributed by atoms with E-state index in [1.54, 1.807) is 37.8 Å². The lowest BCUT2D eigenvalue weighted by molar-refractivity contribution is 0.0606. The number of imidazole rings is 1. The minimum atomic E-state index is -3.85. The predicted molar refractivity (Wildman–Crippen MR) is 196 cm³/mol. The summed E-state index contributed by atoms with van der Waals surface area (Å²) in [7, 11) is -3.85. The highest BCUT2D eigenvalue weighted by Crippen LogP contribution is 2.45. The molecule has 11 heteroatoms. The lowest BCUT2D eigenvalue weighted by Gasteiger charge is -2.45. The van der Waals surface area contributed by atoms with Crippen molar-refractivity contribution in [3.05, 3.63) is 94.5 Å². The van der Waals surface area contributed by atoms with Crippen LogP contribution in [0.2, 0.25) is 5.02 Å². The second-order valence-electron chi connectivity index (χ2n) is 15.6. The molecule has 4 aromatic rings. The highest BCUT2D eigenvalue weighted by Gasteiger charge is 2.44. The highest BCUT2D eigenvalue weighted by molar-refractivity contribution is 7.89. The molecule has 3 saturated heterocycles. The molecule has 4 heterocycles. The number of nitrogens with one attached hydrogen (secondary N) is 1. The Hall–Kier alpha value is -3.31. The number of hydrogen-bond acceptors (Lipinski definition) is 5. The van der Waals surface area contributed by atoms with Crippen LogP contribution in [0.5, 0.6) is 0 Å². The number of piperidine rings is 2. The van der Waals surface area contributed by atoms with Gasteiger partial charge in [-0.3, -0.25) is 9.69 Å². The van der Waals surface area contributed by atoms with Crippen molar-refractivity contribution in [3.63, 3.8) is 0 Å². The summed E-state index contributed by atoms with van der Waals surface area (Å²) in [6.07, 6.45) is 6.77. The first-order valence-corrected chi connectivity index (χ1v) is 19.7. The molecule has 0 spiro atoms. The second-order valence-corrected chi connectivity index (χ2v) is 17.7. The van der Waals surface area contributed by atoms with Gasteiger partial charge in [-0.05, 0) is 133 Å². The van der Waals surface area contributed by atoms with Gasteiger partial charge in [0.05, 0.1) is 26.5 Å². The molecular weight excluding hydrogens is 673 g/mol. The van der Waals surface area contributed by atoms with Crippen molar-refractivity contribution >= 4 is 38.6 Å². The largest absolute Gasteiger partial charge is 0.339 e. The summed E-state index contributed by atoms with van der Waals surface area (Å²) >= 11 is 6.50. The minimum Gasteiger partial charge on any atom is -0.339 e. The van der Waals surface area contributed by atoms with Crippen molar-refractivity contribution in [2.45, 2.75) is 107 Å². The Morgan fingerprint density at radius 3 is 2.36 bits per heavy atom.